The van der Waals surface area contributed by atoms with Crippen LogP contribution >= 0.6 is 0 Å². The summed E-state index contributed by atoms with van der Waals surface area (Å²) in [5, 5.41) is 9.15. The lowest BCUT2D eigenvalue weighted by molar-refractivity contribution is -0.146. The molecule has 0 bridgehead atoms. The Morgan fingerprint density at radius 3 is 2.46 bits per heavy atom. The standard InChI is InChI=1S/C18H22N4O4/c1-11-5-6-14(7-12(11)2)18(25)19-9-17(24)26-10-16(23)20-15-8-13(3)21-22(15)4/h5-8H,9-10H2,1-4H3,(H,19,25)(H,20,23). The zero-order valence-electron chi connectivity index (χ0n) is 15.3. The summed E-state index contributed by atoms with van der Waals surface area (Å²) in [5.74, 6) is -1.05. The SMILES string of the molecule is Cc1cc(NC(=O)COC(=O)CNC(=O)c2ccc(C)c(C)c2)n(C)n1. The number of amides is 2. The van der Waals surface area contributed by atoms with Crippen LogP contribution < -0.4 is 10.6 Å². The molecule has 1 aromatic heterocycles. The van der Waals surface area contributed by atoms with Gasteiger partial charge in [0.05, 0.1) is 5.69 Å². The number of rotatable bonds is 6. The van der Waals surface area contributed by atoms with Crippen LogP contribution in [-0.4, -0.2) is 40.7 Å². The summed E-state index contributed by atoms with van der Waals surface area (Å²) in [6.45, 7) is 4.90. The number of hydrogen-bond acceptors (Lipinski definition) is 5. The highest BCUT2D eigenvalue weighted by Crippen LogP contribution is 2.09. The Morgan fingerprint density at radius 1 is 1.12 bits per heavy atom. The Balaban J connectivity index is 1.76. The van der Waals surface area contributed by atoms with Crippen molar-refractivity contribution in [2.75, 3.05) is 18.5 Å². The fourth-order valence-corrected chi connectivity index (χ4v) is 2.24. The van der Waals surface area contributed by atoms with Crippen molar-refractivity contribution in [3.63, 3.8) is 0 Å². The van der Waals surface area contributed by atoms with Crippen molar-refractivity contribution < 1.29 is 19.1 Å². The topological polar surface area (TPSA) is 102 Å². The highest BCUT2D eigenvalue weighted by atomic mass is 16.5. The number of esters is 1. The molecular weight excluding hydrogens is 336 g/mol. The van der Waals surface area contributed by atoms with Crippen LogP contribution in [0, 0.1) is 20.8 Å². The Bertz CT molecular complexity index is 842. The highest BCUT2D eigenvalue weighted by molar-refractivity contribution is 5.96. The maximum Gasteiger partial charge on any atom is 0.325 e. The van der Waals surface area contributed by atoms with E-state index in [0.717, 1.165) is 16.8 Å². The third-order valence-electron chi connectivity index (χ3n) is 3.80. The molecule has 0 unspecified atom stereocenters. The first kappa shape index (κ1) is 19.2. The predicted molar refractivity (Wildman–Crippen MR) is 95.8 cm³/mol. The number of aromatic nitrogens is 2. The van der Waals surface area contributed by atoms with Gasteiger partial charge in [-0.05, 0) is 44.0 Å². The van der Waals surface area contributed by atoms with Crippen molar-refractivity contribution in [3.8, 4) is 0 Å². The lowest BCUT2D eigenvalue weighted by Gasteiger charge is -2.08. The molecule has 2 rings (SSSR count). The fourth-order valence-electron chi connectivity index (χ4n) is 2.24. The predicted octanol–water partition coefficient (Wildman–Crippen LogP) is 1.26. The molecular formula is C18H22N4O4. The number of anilines is 1. The second kappa shape index (κ2) is 8.28. The molecule has 1 aromatic carbocycles. The van der Waals surface area contributed by atoms with Crippen molar-refractivity contribution >= 4 is 23.6 Å². The molecule has 2 N–H and O–H groups in total. The smallest absolute Gasteiger partial charge is 0.325 e. The third-order valence-corrected chi connectivity index (χ3v) is 3.80. The number of hydrogen-bond donors (Lipinski definition) is 2. The molecule has 8 nitrogen and oxygen atoms in total. The minimum absolute atomic E-state index is 0.316. The van der Waals surface area contributed by atoms with Gasteiger partial charge in [0.1, 0.15) is 12.4 Å². The van der Waals surface area contributed by atoms with Crippen LogP contribution in [0.15, 0.2) is 24.3 Å². The van der Waals surface area contributed by atoms with E-state index in [0.29, 0.717) is 11.4 Å². The van der Waals surface area contributed by atoms with E-state index in [1.807, 2.05) is 19.9 Å². The lowest BCUT2D eigenvalue weighted by Crippen LogP contribution is -2.32. The van der Waals surface area contributed by atoms with Gasteiger partial charge in [0.15, 0.2) is 6.61 Å². The number of aryl methyl sites for hydroxylation is 4. The zero-order chi connectivity index (χ0) is 19.3. The van der Waals surface area contributed by atoms with E-state index in [-0.39, 0.29) is 12.5 Å². The number of nitrogens with one attached hydrogen (secondary N) is 2. The molecule has 0 fully saturated rings. The summed E-state index contributed by atoms with van der Waals surface area (Å²) < 4.78 is 6.37. The van der Waals surface area contributed by atoms with E-state index in [1.54, 1.807) is 32.2 Å². The van der Waals surface area contributed by atoms with Crippen molar-refractivity contribution in [1.82, 2.24) is 15.1 Å². The molecule has 0 saturated heterocycles. The molecule has 1 heterocycles. The van der Waals surface area contributed by atoms with Crippen LogP contribution in [0.2, 0.25) is 0 Å². The molecule has 0 aliphatic rings. The van der Waals surface area contributed by atoms with E-state index in [2.05, 4.69) is 15.7 Å². The molecule has 2 aromatic rings. The normalized spacial score (nSPS) is 10.3. The van der Waals surface area contributed by atoms with Gasteiger partial charge in [-0.15, -0.1) is 0 Å². The van der Waals surface area contributed by atoms with E-state index in [9.17, 15) is 14.4 Å². The lowest BCUT2D eigenvalue weighted by atomic mass is 10.1. The Morgan fingerprint density at radius 2 is 1.85 bits per heavy atom. The van der Waals surface area contributed by atoms with Gasteiger partial charge in [0.2, 0.25) is 0 Å². The summed E-state index contributed by atoms with van der Waals surface area (Å²) in [7, 11) is 1.69. The molecule has 8 heteroatoms. The second-order valence-electron chi connectivity index (χ2n) is 5.99. The van der Waals surface area contributed by atoms with Crippen LogP contribution in [0.5, 0.6) is 0 Å². The molecule has 2 amide bonds. The Hall–Kier alpha value is -3.16. The first-order valence-electron chi connectivity index (χ1n) is 8.08. The summed E-state index contributed by atoms with van der Waals surface area (Å²) in [5.41, 5.74) is 3.29. The number of nitrogens with zero attached hydrogens (tertiary/aromatic N) is 2. The molecule has 0 spiro atoms. The summed E-state index contributed by atoms with van der Waals surface area (Å²) in [6, 6.07) is 6.97. The maximum absolute atomic E-state index is 12.0. The Labute approximate surface area is 151 Å². The molecule has 0 saturated carbocycles. The third kappa shape index (κ3) is 5.17. The summed E-state index contributed by atoms with van der Waals surface area (Å²) in [4.78, 5) is 35.5. The maximum atomic E-state index is 12.0. The van der Waals surface area contributed by atoms with E-state index in [4.69, 9.17) is 4.74 Å². The summed E-state index contributed by atoms with van der Waals surface area (Å²) in [6.07, 6.45) is 0. The molecule has 138 valence electrons. The first-order valence-corrected chi connectivity index (χ1v) is 8.08. The number of carbonyl (C=O) groups is 3. The van der Waals surface area contributed by atoms with Crippen LogP contribution in [0.1, 0.15) is 27.2 Å². The molecule has 0 atom stereocenters. The minimum atomic E-state index is -0.696. The van der Waals surface area contributed by atoms with Gasteiger partial charge in [-0.2, -0.15) is 5.10 Å². The van der Waals surface area contributed by atoms with E-state index < -0.39 is 18.5 Å². The molecule has 0 aliphatic carbocycles. The minimum Gasteiger partial charge on any atom is -0.454 e. The largest absolute Gasteiger partial charge is 0.454 e. The van der Waals surface area contributed by atoms with Crippen LogP contribution in [0.25, 0.3) is 0 Å². The van der Waals surface area contributed by atoms with Crippen LogP contribution in [0.3, 0.4) is 0 Å². The molecule has 0 aliphatic heterocycles. The van der Waals surface area contributed by atoms with Gasteiger partial charge in [-0.3, -0.25) is 19.1 Å². The number of benzene rings is 1. The van der Waals surface area contributed by atoms with Crippen LogP contribution in [-0.2, 0) is 21.4 Å². The van der Waals surface area contributed by atoms with Crippen molar-refractivity contribution in [3.05, 3.63) is 46.6 Å². The van der Waals surface area contributed by atoms with Gasteiger partial charge >= 0.3 is 5.97 Å². The quantitative estimate of drug-likeness (QED) is 0.757. The number of ether oxygens (including phenoxy) is 1. The monoisotopic (exact) mass is 358 g/mol. The highest BCUT2D eigenvalue weighted by Gasteiger charge is 2.12. The van der Waals surface area contributed by atoms with E-state index >= 15 is 0 Å². The first-order chi connectivity index (χ1) is 12.3. The van der Waals surface area contributed by atoms with Gasteiger partial charge in [0, 0.05) is 18.7 Å². The zero-order valence-corrected chi connectivity index (χ0v) is 15.3. The summed E-state index contributed by atoms with van der Waals surface area (Å²) >= 11 is 0. The average Bonchev–Trinajstić information content (AvgIpc) is 2.90. The molecule has 26 heavy (non-hydrogen) atoms. The fraction of sp³-hybridized carbons (Fsp3) is 0.333. The second-order valence-corrected chi connectivity index (χ2v) is 5.99. The van der Waals surface area contributed by atoms with Gasteiger partial charge in [0.25, 0.3) is 11.8 Å². The van der Waals surface area contributed by atoms with Gasteiger partial charge in [-0.25, -0.2) is 0 Å². The number of carbonyl (C=O) groups excluding carboxylic acids is 3. The van der Waals surface area contributed by atoms with Gasteiger partial charge in [-0.1, -0.05) is 6.07 Å². The van der Waals surface area contributed by atoms with E-state index in [1.165, 1.54) is 4.68 Å². The van der Waals surface area contributed by atoms with Crippen molar-refractivity contribution in [1.29, 1.82) is 0 Å². The van der Waals surface area contributed by atoms with Crippen molar-refractivity contribution in [2.24, 2.45) is 7.05 Å². The Kier molecular flexibility index (Phi) is 6.11. The average molecular weight is 358 g/mol. The van der Waals surface area contributed by atoms with Crippen molar-refractivity contribution in [2.45, 2.75) is 20.8 Å². The van der Waals surface area contributed by atoms with Gasteiger partial charge < -0.3 is 15.4 Å². The van der Waals surface area contributed by atoms with Crippen LogP contribution in [0.4, 0.5) is 5.82 Å². The molecule has 0 radical (unpaired) electrons.